The first-order valence-electron chi connectivity index (χ1n) is 5.62. The molecule has 0 aromatic rings. The fourth-order valence-electron chi connectivity index (χ4n) is 1.97. The van der Waals surface area contributed by atoms with E-state index in [2.05, 4.69) is 18.7 Å². The van der Waals surface area contributed by atoms with Gasteiger partial charge in [0.05, 0.1) is 0 Å². The maximum atomic E-state index is 2.61. The summed E-state index contributed by atoms with van der Waals surface area (Å²) in [6.07, 6.45) is 5.63. The van der Waals surface area contributed by atoms with Crippen LogP contribution in [0.1, 0.15) is 53.4 Å². The lowest BCUT2D eigenvalue weighted by atomic mass is 10.1. The SMILES string of the molecule is CC.CCCC1CCCN1CC. The number of nitrogens with zero attached hydrogens (tertiary/aromatic N) is 1. The van der Waals surface area contributed by atoms with E-state index in [-0.39, 0.29) is 0 Å². The summed E-state index contributed by atoms with van der Waals surface area (Å²) in [5.74, 6) is 0. The Balaban J connectivity index is 0.000000561. The standard InChI is InChI=1S/C9H19N.C2H6/c1-3-6-9-7-5-8-10(9)4-2;1-2/h9H,3-8H2,1-2H3;1-2H3. The molecule has 1 rings (SSSR count). The highest BCUT2D eigenvalue weighted by molar-refractivity contribution is 4.77. The molecule has 0 radical (unpaired) electrons. The smallest absolute Gasteiger partial charge is 0.00955 e. The minimum absolute atomic E-state index is 0.926. The second-order valence-electron chi connectivity index (χ2n) is 3.21. The van der Waals surface area contributed by atoms with Crippen LogP contribution in [0.25, 0.3) is 0 Å². The third kappa shape index (κ3) is 3.57. The summed E-state index contributed by atoms with van der Waals surface area (Å²) in [5.41, 5.74) is 0. The largest absolute Gasteiger partial charge is 0.301 e. The molecule has 1 nitrogen and oxygen atoms in total. The predicted molar refractivity (Wildman–Crippen MR) is 56.5 cm³/mol. The van der Waals surface area contributed by atoms with Gasteiger partial charge in [-0.25, -0.2) is 0 Å². The maximum Gasteiger partial charge on any atom is 0.00955 e. The van der Waals surface area contributed by atoms with Crippen molar-refractivity contribution in [1.29, 1.82) is 0 Å². The van der Waals surface area contributed by atoms with Gasteiger partial charge in [-0.2, -0.15) is 0 Å². The molecule has 0 aliphatic carbocycles. The summed E-state index contributed by atoms with van der Waals surface area (Å²) in [6, 6.07) is 0.926. The summed E-state index contributed by atoms with van der Waals surface area (Å²) in [4.78, 5) is 2.61. The van der Waals surface area contributed by atoms with Crippen molar-refractivity contribution in [3.63, 3.8) is 0 Å². The lowest BCUT2D eigenvalue weighted by molar-refractivity contribution is 0.254. The van der Waals surface area contributed by atoms with E-state index in [9.17, 15) is 0 Å². The predicted octanol–water partition coefficient (Wildman–Crippen LogP) is 3.30. The molecule has 0 aromatic carbocycles. The van der Waals surface area contributed by atoms with E-state index in [1.165, 1.54) is 38.8 Å². The lowest BCUT2D eigenvalue weighted by Crippen LogP contribution is -2.28. The van der Waals surface area contributed by atoms with Crippen LogP contribution in [0.5, 0.6) is 0 Å². The van der Waals surface area contributed by atoms with Gasteiger partial charge >= 0.3 is 0 Å². The zero-order valence-corrected chi connectivity index (χ0v) is 9.27. The van der Waals surface area contributed by atoms with Crippen molar-refractivity contribution in [2.45, 2.75) is 59.4 Å². The van der Waals surface area contributed by atoms with E-state index in [1.54, 1.807) is 0 Å². The summed E-state index contributed by atoms with van der Waals surface area (Å²) in [7, 11) is 0. The van der Waals surface area contributed by atoms with E-state index in [1.807, 2.05) is 13.8 Å². The molecule has 0 saturated carbocycles. The molecule has 12 heavy (non-hydrogen) atoms. The van der Waals surface area contributed by atoms with Crippen molar-refractivity contribution in [2.75, 3.05) is 13.1 Å². The fourth-order valence-corrected chi connectivity index (χ4v) is 1.97. The average Bonchev–Trinajstić information content (AvgIpc) is 2.56. The quantitative estimate of drug-likeness (QED) is 0.630. The van der Waals surface area contributed by atoms with Crippen molar-refractivity contribution >= 4 is 0 Å². The van der Waals surface area contributed by atoms with Crippen LogP contribution >= 0.6 is 0 Å². The molecule has 0 bridgehead atoms. The molecule has 0 amide bonds. The molecular formula is C11H25N. The van der Waals surface area contributed by atoms with Gasteiger partial charge in [-0.05, 0) is 32.4 Å². The Morgan fingerprint density at radius 2 is 1.92 bits per heavy atom. The third-order valence-corrected chi connectivity index (χ3v) is 2.53. The normalized spacial score (nSPS) is 23.5. The molecule has 1 aliphatic rings. The molecule has 1 aliphatic heterocycles. The maximum absolute atomic E-state index is 2.61. The Kier molecular flexibility index (Phi) is 7.58. The molecule has 74 valence electrons. The second kappa shape index (κ2) is 7.60. The van der Waals surface area contributed by atoms with E-state index in [0.29, 0.717) is 0 Å². The Hall–Kier alpha value is -0.0400. The minimum atomic E-state index is 0.926. The topological polar surface area (TPSA) is 3.24 Å². The minimum Gasteiger partial charge on any atom is -0.301 e. The van der Waals surface area contributed by atoms with E-state index in [0.717, 1.165) is 6.04 Å². The molecule has 1 heterocycles. The van der Waals surface area contributed by atoms with Gasteiger partial charge in [-0.15, -0.1) is 0 Å². The van der Waals surface area contributed by atoms with E-state index < -0.39 is 0 Å². The van der Waals surface area contributed by atoms with Crippen LogP contribution in [0.3, 0.4) is 0 Å². The van der Waals surface area contributed by atoms with Crippen LogP contribution in [-0.2, 0) is 0 Å². The van der Waals surface area contributed by atoms with Gasteiger partial charge in [-0.3, -0.25) is 0 Å². The lowest BCUT2D eigenvalue weighted by Gasteiger charge is -2.21. The van der Waals surface area contributed by atoms with Gasteiger partial charge < -0.3 is 4.90 Å². The fraction of sp³-hybridized carbons (Fsp3) is 1.00. The zero-order valence-electron chi connectivity index (χ0n) is 9.27. The van der Waals surface area contributed by atoms with Crippen molar-refractivity contribution in [2.24, 2.45) is 0 Å². The summed E-state index contributed by atoms with van der Waals surface area (Å²) in [5, 5.41) is 0. The Morgan fingerprint density at radius 1 is 1.25 bits per heavy atom. The highest BCUT2D eigenvalue weighted by atomic mass is 15.2. The molecule has 1 saturated heterocycles. The van der Waals surface area contributed by atoms with E-state index in [4.69, 9.17) is 0 Å². The van der Waals surface area contributed by atoms with Gasteiger partial charge in [-0.1, -0.05) is 34.1 Å². The first kappa shape index (κ1) is 12.0. The Bertz CT molecular complexity index is 91.0. The monoisotopic (exact) mass is 171 g/mol. The highest BCUT2D eigenvalue weighted by Gasteiger charge is 2.21. The molecule has 0 aromatic heterocycles. The molecule has 1 heteroatoms. The molecule has 0 N–H and O–H groups in total. The highest BCUT2D eigenvalue weighted by Crippen LogP contribution is 2.20. The van der Waals surface area contributed by atoms with Crippen molar-refractivity contribution < 1.29 is 0 Å². The first-order valence-corrected chi connectivity index (χ1v) is 5.62. The van der Waals surface area contributed by atoms with Gasteiger partial charge in [0.15, 0.2) is 0 Å². The third-order valence-electron chi connectivity index (χ3n) is 2.53. The molecular weight excluding hydrogens is 146 g/mol. The summed E-state index contributed by atoms with van der Waals surface area (Å²) in [6.45, 7) is 11.2. The molecule has 1 atom stereocenters. The second-order valence-corrected chi connectivity index (χ2v) is 3.21. The summed E-state index contributed by atoms with van der Waals surface area (Å²) < 4.78 is 0. The van der Waals surface area contributed by atoms with Crippen LogP contribution < -0.4 is 0 Å². The molecule has 1 unspecified atom stereocenters. The van der Waals surface area contributed by atoms with Crippen molar-refractivity contribution in [3.05, 3.63) is 0 Å². The van der Waals surface area contributed by atoms with Crippen molar-refractivity contribution in [1.82, 2.24) is 4.90 Å². The van der Waals surface area contributed by atoms with Gasteiger partial charge in [0.2, 0.25) is 0 Å². The average molecular weight is 171 g/mol. The van der Waals surface area contributed by atoms with Gasteiger partial charge in [0, 0.05) is 6.04 Å². The molecule has 0 spiro atoms. The number of hydrogen-bond donors (Lipinski definition) is 0. The van der Waals surface area contributed by atoms with Crippen LogP contribution in [0.4, 0.5) is 0 Å². The summed E-state index contributed by atoms with van der Waals surface area (Å²) >= 11 is 0. The zero-order chi connectivity index (χ0) is 9.40. The first-order chi connectivity index (χ1) is 5.88. The van der Waals surface area contributed by atoms with Gasteiger partial charge in [0.1, 0.15) is 0 Å². The Labute approximate surface area is 78.1 Å². The van der Waals surface area contributed by atoms with Crippen molar-refractivity contribution in [3.8, 4) is 0 Å². The van der Waals surface area contributed by atoms with E-state index >= 15 is 0 Å². The molecule has 1 fully saturated rings. The Morgan fingerprint density at radius 3 is 2.42 bits per heavy atom. The number of hydrogen-bond acceptors (Lipinski definition) is 1. The number of likely N-dealkylation sites (tertiary alicyclic amines) is 1. The van der Waals surface area contributed by atoms with Crippen LogP contribution in [-0.4, -0.2) is 24.0 Å². The van der Waals surface area contributed by atoms with Crippen LogP contribution in [0, 0.1) is 0 Å². The van der Waals surface area contributed by atoms with Crippen LogP contribution in [0.2, 0.25) is 0 Å². The van der Waals surface area contributed by atoms with Gasteiger partial charge in [0.25, 0.3) is 0 Å². The number of rotatable bonds is 3. The van der Waals surface area contributed by atoms with Crippen LogP contribution in [0.15, 0.2) is 0 Å².